The zero-order valence-corrected chi connectivity index (χ0v) is 9.01. The maximum Gasteiger partial charge on any atom is 0.137 e. The zero-order valence-electron chi connectivity index (χ0n) is 9.01. The van der Waals surface area contributed by atoms with Crippen molar-refractivity contribution in [1.29, 1.82) is 5.26 Å². The number of nitrogens with zero attached hydrogens (tertiary/aromatic N) is 2. The minimum atomic E-state index is -0.0201. The summed E-state index contributed by atoms with van der Waals surface area (Å²) in [5.74, 6) is 0.689. The van der Waals surface area contributed by atoms with E-state index >= 15 is 0 Å². The van der Waals surface area contributed by atoms with Crippen molar-refractivity contribution in [2.24, 2.45) is 11.5 Å². The molecule has 0 saturated heterocycles. The van der Waals surface area contributed by atoms with Crippen LogP contribution in [0.25, 0.3) is 17.1 Å². The Labute approximate surface area is 98.4 Å². The minimum Gasteiger partial charge on any atom is -0.395 e. The van der Waals surface area contributed by atoms with Crippen LogP contribution in [-0.4, -0.2) is 9.97 Å². The Morgan fingerprint density at radius 3 is 2.59 bits per heavy atom. The Bertz CT molecular complexity index is 589. The van der Waals surface area contributed by atoms with Gasteiger partial charge in [0, 0.05) is 5.56 Å². The molecular weight excluding hydrogens is 214 g/mol. The van der Waals surface area contributed by atoms with Crippen LogP contribution >= 0.6 is 0 Å². The first-order valence-corrected chi connectivity index (χ1v) is 4.98. The predicted octanol–water partition coefficient (Wildman–Crippen LogP) is 1.19. The average molecular weight is 225 g/mol. The summed E-state index contributed by atoms with van der Waals surface area (Å²) in [7, 11) is 0. The van der Waals surface area contributed by atoms with E-state index in [1.807, 2.05) is 30.3 Å². The largest absolute Gasteiger partial charge is 0.395 e. The molecule has 0 fully saturated rings. The molecule has 0 aliphatic carbocycles. The molecule has 1 heterocycles. The molecule has 5 heteroatoms. The molecule has 0 radical (unpaired) electrons. The van der Waals surface area contributed by atoms with Gasteiger partial charge in [-0.3, -0.25) is 0 Å². The Kier molecular flexibility index (Phi) is 2.79. The quantitative estimate of drug-likeness (QED) is 0.667. The van der Waals surface area contributed by atoms with E-state index in [9.17, 15) is 0 Å². The maximum absolute atomic E-state index is 8.64. The van der Waals surface area contributed by atoms with Gasteiger partial charge in [-0.15, -0.1) is 0 Å². The fourth-order valence-corrected chi connectivity index (χ4v) is 1.41. The van der Waals surface area contributed by atoms with Crippen LogP contribution in [0.3, 0.4) is 0 Å². The Morgan fingerprint density at radius 2 is 1.94 bits per heavy atom. The van der Waals surface area contributed by atoms with Crippen LogP contribution in [0.15, 0.2) is 42.2 Å². The first kappa shape index (κ1) is 10.8. The van der Waals surface area contributed by atoms with Crippen LogP contribution < -0.4 is 11.5 Å². The minimum absolute atomic E-state index is 0.0201. The number of benzene rings is 1. The third-order valence-corrected chi connectivity index (χ3v) is 2.32. The van der Waals surface area contributed by atoms with E-state index in [2.05, 4.69) is 9.97 Å². The first-order valence-electron chi connectivity index (χ1n) is 4.98. The summed E-state index contributed by atoms with van der Waals surface area (Å²) >= 11 is 0. The molecule has 0 atom stereocenters. The summed E-state index contributed by atoms with van der Waals surface area (Å²) in [6.45, 7) is 0. The highest BCUT2D eigenvalue weighted by Crippen LogP contribution is 2.17. The van der Waals surface area contributed by atoms with Crippen molar-refractivity contribution in [2.45, 2.75) is 0 Å². The number of nitriles is 1. The van der Waals surface area contributed by atoms with E-state index in [1.165, 1.54) is 0 Å². The van der Waals surface area contributed by atoms with Gasteiger partial charge < -0.3 is 16.5 Å². The van der Waals surface area contributed by atoms with E-state index in [1.54, 1.807) is 12.3 Å². The summed E-state index contributed by atoms with van der Waals surface area (Å²) < 4.78 is 0. The molecule has 0 bridgehead atoms. The third kappa shape index (κ3) is 2.11. The number of hydrogen-bond donors (Lipinski definition) is 3. The molecule has 2 aromatic rings. The average Bonchev–Trinajstić information content (AvgIpc) is 2.87. The highest BCUT2D eigenvalue weighted by molar-refractivity contribution is 5.67. The van der Waals surface area contributed by atoms with Gasteiger partial charge in [-0.25, -0.2) is 4.98 Å². The first-order chi connectivity index (χ1) is 8.22. The van der Waals surface area contributed by atoms with E-state index in [-0.39, 0.29) is 11.4 Å². The van der Waals surface area contributed by atoms with E-state index in [0.717, 1.165) is 5.56 Å². The van der Waals surface area contributed by atoms with Crippen LogP contribution in [0.4, 0.5) is 0 Å². The number of rotatable bonds is 2. The highest BCUT2D eigenvalue weighted by atomic mass is 14.9. The molecule has 0 amide bonds. The van der Waals surface area contributed by atoms with Gasteiger partial charge in [-0.1, -0.05) is 30.3 Å². The maximum atomic E-state index is 8.64. The smallest absolute Gasteiger partial charge is 0.137 e. The lowest BCUT2D eigenvalue weighted by Crippen LogP contribution is -2.07. The number of aromatic nitrogens is 2. The molecule has 5 N–H and O–H groups in total. The van der Waals surface area contributed by atoms with Crippen LogP contribution in [0, 0.1) is 11.3 Å². The van der Waals surface area contributed by atoms with Crippen molar-refractivity contribution in [1.82, 2.24) is 9.97 Å². The van der Waals surface area contributed by atoms with Gasteiger partial charge >= 0.3 is 0 Å². The fraction of sp³-hybridized carbons (Fsp3) is 0. The predicted molar refractivity (Wildman–Crippen MR) is 64.9 cm³/mol. The van der Waals surface area contributed by atoms with Crippen molar-refractivity contribution in [3.05, 3.63) is 47.9 Å². The molecule has 2 rings (SSSR count). The van der Waals surface area contributed by atoms with Gasteiger partial charge in [0.05, 0.1) is 17.6 Å². The number of hydrogen-bond acceptors (Lipinski definition) is 4. The number of imidazole rings is 1. The number of nitrogens with one attached hydrogen (secondary N) is 1. The van der Waals surface area contributed by atoms with Gasteiger partial charge in [0.25, 0.3) is 0 Å². The molecule has 0 spiro atoms. The number of nitrogens with two attached hydrogens (primary N) is 2. The Balaban J connectivity index is 2.39. The van der Waals surface area contributed by atoms with Gasteiger partial charge in [-0.2, -0.15) is 5.26 Å². The van der Waals surface area contributed by atoms with Crippen molar-refractivity contribution >= 4 is 5.70 Å². The molecule has 1 aromatic heterocycles. The lowest BCUT2D eigenvalue weighted by atomic mass is 10.2. The molecule has 0 aliphatic heterocycles. The van der Waals surface area contributed by atoms with Crippen molar-refractivity contribution in [3.63, 3.8) is 0 Å². The van der Waals surface area contributed by atoms with Crippen molar-refractivity contribution in [3.8, 4) is 17.5 Å². The highest BCUT2D eigenvalue weighted by Gasteiger charge is 2.07. The third-order valence-electron chi connectivity index (χ3n) is 2.32. The number of H-pyrrole nitrogens is 1. The normalized spacial score (nSPS) is 11.7. The molecular formula is C12H11N5. The van der Waals surface area contributed by atoms with Crippen LogP contribution in [0.1, 0.15) is 5.69 Å². The van der Waals surface area contributed by atoms with Gasteiger partial charge in [0.2, 0.25) is 0 Å². The molecule has 0 saturated carbocycles. The van der Waals surface area contributed by atoms with Crippen molar-refractivity contribution in [2.75, 3.05) is 0 Å². The second kappa shape index (κ2) is 4.41. The lowest BCUT2D eigenvalue weighted by Gasteiger charge is -1.98. The second-order valence-corrected chi connectivity index (χ2v) is 3.45. The lowest BCUT2D eigenvalue weighted by molar-refractivity contribution is 1.27. The topological polar surface area (TPSA) is 105 Å². The Morgan fingerprint density at radius 1 is 1.24 bits per heavy atom. The van der Waals surface area contributed by atoms with Crippen molar-refractivity contribution < 1.29 is 0 Å². The Hall–Kier alpha value is -2.74. The molecule has 1 aromatic carbocycles. The summed E-state index contributed by atoms with van der Waals surface area (Å²) in [4.78, 5) is 7.21. The van der Waals surface area contributed by atoms with Gasteiger partial charge in [0.1, 0.15) is 17.6 Å². The van der Waals surface area contributed by atoms with Crippen LogP contribution in [-0.2, 0) is 0 Å². The standard InChI is InChI=1S/C12H11N5/c13-6-9(14)11(15)10-7-16-12(17-10)8-4-2-1-3-5-8/h1-5,7H,14-15H2,(H,16,17)/b11-9-. The molecule has 0 aliphatic rings. The monoisotopic (exact) mass is 225 g/mol. The molecule has 17 heavy (non-hydrogen) atoms. The SMILES string of the molecule is N#C/C(N)=C(/N)c1cnc(-c2ccccc2)[nH]1. The number of allylic oxidation sites excluding steroid dienone is 1. The number of aromatic amines is 1. The van der Waals surface area contributed by atoms with Crippen LogP contribution in [0.2, 0.25) is 0 Å². The molecule has 84 valence electrons. The summed E-state index contributed by atoms with van der Waals surface area (Å²) in [5, 5.41) is 8.64. The molecule has 5 nitrogen and oxygen atoms in total. The van der Waals surface area contributed by atoms with Gasteiger partial charge in [-0.05, 0) is 0 Å². The summed E-state index contributed by atoms with van der Waals surface area (Å²) in [5.41, 5.74) is 12.8. The summed E-state index contributed by atoms with van der Waals surface area (Å²) in [6.07, 6.45) is 1.56. The van der Waals surface area contributed by atoms with E-state index in [0.29, 0.717) is 11.5 Å². The van der Waals surface area contributed by atoms with E-state index in [4.69, 9.17) is 16.7 Å². The summed E-state index contributed by atoms with van der Waals surface area (Å²) in [6, 6.07) is 11.4. The molecule has 0 unspecified atom stereocenters. The van der Waals surface area contributed by atoms with Gasteiger partial charge in [0.15, 0.2) is 0 Å². The van der Waals surface area contributed by atoms with Crippen LogP contribution in [0.5, 0.6) is 0 Å². The van der Waals surface area contributed by atoms with E-state index < -0.39 is 0 Å². The zero-order chi connectivity index (χ0) is 12.3. The second-order valence-electron chi connectivity index (χ2n) is 3.45. The fourth-order valence-electron chi connectivity index (χ4n) is 1.41.